The van der Waals surface area contributed by atoms with Gasteiger partial charge in [-0.2, -0.15) is 0 Å². The van der Waals surface area contributed by atoms with Crippen molar-refractivity contribution >= 4 is 29.1 Å². The van der Waals surface area contributed by atoms with Crippen LogP contribution in [0.5, 0.6) is 0 Å². The smallest absolute Gasteiger partial charge is 0.331 e. The Balaban J connectivity index is 2.29. The summed E-state index contributed by atoms with van der Waals surface area (Å²) in [6, 6.07) is 13.8. The summed E-state index contributed by atoms with van der Waals surface area (Å²) in [5.74, 6) is 0.357. The summed E-state index contributed by atoms with van der Waals surface area (Å²) in [4.78, 5) is 12.6. The Morgan fingerprint density at radius 3 is 2.62 bits per heavy atom. The van der Waals surface area contributed by atoms with Gasteiger partial charge in [0.15, 0.2) is 5.54 Å². The normalized spacial score (nSPS) is 13.6. The number of benzene rings is 1. The molecule has 1 N–H and O–H groups in total. The summed E-state index contributed by atoms with van der Waals surface area (Å²) >= 11 is 3.34. The van der Waals surface area contributed by atoms with E-state index in [1.165, 1.54) is 4.21 Å². The van der Waals surface area contributed by atoms with Gasteiger partial charge in [0.1, 0.15) is 0 Å². The lowest BCUT2D eigenvalue weighted by molar-refractivity contribution is -0.150. The maximum atomic E-state index is 12.6. The van der Waals surface area contributed by atoms with Crippen molar-refractivity contribution in [3.63, 3.8) is 0 Å². The number of rotatable bonds is 7. The van der Waals surface area contributed by atoms with Crippen LogP contribution in [0.2, 0.25) is 0 Å². The predicted molar refractivity (Wildman–Crippen MR) is 88.9 cm³/mol. The molecule has 1 unspecified atom stereocenters. The fourth-order valence-corrected chi connectivity index (χ4v) is 4.11. The van der Waals surface area contributed by atoms with Gasteiger partial charge in [-0.15, -0.1) is 23.1 Å². The standard InChI is InChI=1S/C16H19NO2S2/c1-3-19-15(18)16(17-2,13-8-5-4-6-9-13)12-21-14-10-7-11-20-14/h4-11,17H,3,12H2,1-2H3. The zero-order valence-corrected chi connectivity index (χ0v) is 13.8. The fraction of sp³-hybridized carbons (Fsp3) is 0.312. The lowest BCUT2D eigenvalue weighted by atomic mass is 9.92. The van der Waals surface area contributed by atoms with Gasteiger partial charge < -0.3 is 10.1 Å². The Kier molecular flexibility index (Phi) is 5.85. The Hall–Kier alpha value is -1.30. The third kappa shape index (κ3) is 3.67. The van der Waals surface area contributed by atoms with E-state index >= 15 is 0 Å². The van der Waals surface area contributed by atoms with E-state index in [0.29, 0.717) is 12.4 Å². The van der Waals surface area contributed by atoms with Gasteiger partial charge in [-0.05, 0) is 31.0 Å². The molecule has 1 aromatic carbocycles. The number of thioether (sulfide) groups is 1. The van der Waals surface area contributed by atoms with Crippen molar-refractivity contribution in [2.45, 2.75) is 16.7 Å². The zero-order valence-electron chi connectivity index (χ0n) is 12.2. The summed E-state index contributed by atoms with van der Waals surface area (Å²) in [5, 5.41) is 5.23. The maximum absolute atomic E-state index is 12.6. The molecule has 0 spiro atoms. The molecule has 112 valence electrons. The number of nitrogens with one attached hydrogen (secondary N) is 1. The van der Waals surface area contributed by atoms with E-state index in [0.717, 1.165) is 5.56 Å². The average Bonchev–Trinajstić information content (AvgIpc) is 3.03. The fourth-order valence-electron chi connectivity index (χ4n) is 2.08. The number of likely N-dealkylation sites (N-methyl/N-ethyl adjacent to an activating group) is 1. The second-order valence-corrected chi connectivity index (χ2v) is 6.69. The van der Waals surface area contributed by atoms with Gasteiger partial charge in [0.05, 0.1) is 10.8 Å². The highest BCUT2D eigenvalue weighted by molar-refractivity contribution is 8.01. The molecule has 0 bridgehead atoms. The number of hydrogen-bond donors (Lipinski definition) is 1. The largest absolute Gasteiger partial charge is 0.464 e. The predicted octanol–water partition coefficient (Wildman–Crippen LogP) is 3.52. The Morgan fingerprint density at radius 1 is 1.29 bits per heavy atom. The third-order valence-corrected chi connectivity index (χ3v) is 5.55. The molecule has 0 amide bonds. The maximum Gasteiger partial charge on any atom is 0.331 e. The first-order chi connectivity index (χ1) is 10.2. The summed E-state index contributed by atoms with van der Waals surface area (Å²) in [6.45, 7) is 2.20. The number of thiophene rings is 1. The van der Waals surface area contributed by atoms with E-state index in [-0.39, 0.29) is 5.97 Å². The number of ether oxygens (including phenoxy) is 1. The van der Waals surface area contributed by atoms with E-state index in [2.05, 4.69) is 11.4 Å². The molecule has 3 nitrogen and oxygen atoms in total. The molecule has 0 saturated heterocycles. The summed E-state index contributed by atoms with van der Waals surface area (Å²) in [5.41, 5.74) is 0.0985. The van der Waals surface area contributed by atoms with Gasteiger partial charge >= 0.3 is 5.97 Å². The van der Waals surface area contributed by atoms with Gasteiger partial charge in [0.2, 0.25) is 0 Å². The van der Waals surface area contributed by atoms with Crippen LogP contribution in [0.1, 0.15) is 12.5 Å². The molecule has 5 heteroatoms. The van der Waals surface area contributed by atoms with Crippen LogP contribution in [-0.4, -0.2) is 25.4 Å². The van der Waals surface area contributed by atoms with Crippen LogP contribution in [0.3, 0.4) is 0 Å². The van der Waals surface area contributed by atoms with Crippen molar-refractivity contribution < 1.29 is 9.53 Å². The van der Waals surface area contributed by atoms with E-state index in [9.17, 15) is 4.79 Å². The first-order valence-electron chi connectivity index (χ1n) is 6.81. The van der Waals surface area contributed by atoms with Crippen LogP contribution in [0.4, 0.5) is 0 Å². The number of carbonyl (C=O) groups excluding carboxylic acids is 1. The Morgan fingerprint density at radius 2 is 2.05 bits per heavy atom. The van der Waals surface area contributed by atoms with E-state index in [1.54, 1.807) is 30.1 Å². The first-order valence-corrected chi connectivity index (χ1v) is 8.67. The van der Waals surface area contributed by atoms with Crippen LogP contribution in [0.15, 0.2) is 52.1 Å². The van der Waals surface area contributed by atoms with Gasteiger partial charge in [-0.3, -0.25) is 0 Å². The topological polar surface area (TPSA) is 38.3 Å². The number of esters is 1. The molecule has 1 aromatic heterocycles. The van der Waals surface area contributed by atoms with E-state index < -0.39 is 5.54 Å². The molecule has 0 aliphatic carbocycles. The van der Waals surface area contributed by atoms with E-state index in [1.807, 2.05) is 48.7 Å². The molecule has 2 aromatic rings. The lowest BCUT2D eigenvalue weighted by Gasteiger charge is -2.31. The molecule has 0 saturated carbocycles. The molecule has 0 aliphatic rings. The summed E-state index contributed by atoms with van der Waals surface area (Å²) in [7, 11) is 1.80. The summed E-state index contributed by atoms with van der Waals surface area (Å²) < 4.78 is 6.50. The first kappa shape index (κ1) is 16.1. The van der Waals surface area contributed by atoms with Gasteiger partial charge in [-0.1, -0.05) is 36.4 Å². The molecule has 1 heterocycles. The number of carbonyl (C=O) groups is 1. The summed E-state index contributed by atoms with van der Waals surface area (Å²) in [6.07, 6.45) is 0. The third-order valence-electron chi connectivity index (χ3n) is 3.24. The van der Waals surface area contributed by atoms with Crippen molar-refractivity contribution in [3.8, 4) is 0 Å². The molecular weight excluding hydrogens is 302 g/mol. The molecule has 21 heavy (non-hydrogen) atoms. The lowest BCUT2D eigenvalue weighted by Crippen LogP contribution is -2.50. The monoisotopic (exact) mass is 321 g/mol. The quantitative estimate of drug-likeness (QED) is 0.625. The Bertz CT molecular complexity index is 557. The van der Waals surface area contributed by atoms with Gasteiger partial charge in [0.25, 0.3) is 0 Å². The molecular formula is C16H19NO2S2. The van der Waals surface area contributed by atoms with E-state index in [4.69, 9.17) is 4.74 Å². The highest BCUT2D eigenvalue weighted by Crippen LogP contribution is 2.33. The SMILES string of the molecule is CCOC(=O)C(CSc1cccs1)(NC)c1ccccc1. The molecule has 0 fully saturated rings. The minimum atomic E-state index is -0.827. The number of hydrogen-bond acceptors (Lipinski definition) is 5. The minimum Gasteiger partial charge on any atom is -0.464 e. The van der Waals surface area contributed by atoms with Crippen molar-refractivity contribution in [2.75, 3.05) is 19.4 Å². The van der Waals surface area contributed by atoms with Gasteiger partial charge in [0, 0.05) is 5.75 Å². The highest BCUT2D eigenvalue weighted by Gasteiger charge is 2.40. The van der Waals surface area contributed by atoms with Crippen LogP contribution < -0.4 is 5.32 Å². The van der Waals surface area contributed by atoms with Crippen LogP contribution in [0.25, 0.3) is 0 Å². The average molecular weight is 321 g/mol. The minimum absolute atomic E-state index is 0.234. The van der Waals surface area contributed by atoms with Crippen molar-refractivity contribution in [1.82, 2.24) is 5.32 Å². The molecule has 0 radical (unpaired) electrons. The second-order valence-electron chi connectivity index (χ2n) is 4.46. The second kappa shape index (κ2) is 7.64. The zero-order chi connectivity index (χ0) is 15.1. The highest BCUT2D eigenvalue weighted by atomic mass is 32.2. The van der Waals surface area contributed by atoms with Crippen molar-refractivity contribution in [1.29, 1.82) is 0 Å². The van der Waals surface area contributed by atoms with Crippen LogP contribution in [0, 0.1) is 0 Å². The molecule has 0 aliphatic heterocycles. The molecule has 2 rings (SSSR count). The van der Waals surface area contributed by atoms with Crippen molar-refractivity contribution in [2.24, 2.45) is 0 Å². The van der Waals surface area contributed by atoms with Crippen LogP contribution in [-0.2, 0) is 15.1 Å². The molecule has 1 atom stereocenters. The van der Waals surface area contributed by atoms with Crippen molar-refractivity contribution in [3.05, 3.63) is 53.4 Å². The van der Waals surface area contributed by atoms with Gasteiger partial charge in [-0.25, -0.2) is 4.79 Å². The van der Waals surface area contributed by atoms with Crippen LogP contribution >= 0.6 is 23.1 Å². The Labute approximate surface area is 133 Å².